The van der Waals surface area contributed by atoms with Gasteiger partial charge in [-0.05, 0) is 42.8 Å². The fourth-order valence-corrected chi connectivity index (χ4v) is 2.99. The Labute approximate surface area is 145 Å². The largest absolute Gasteiger partial charge is 0.493 e. The van der Waals surface area contributed by atoms with Gasteiger partial charge in [-0.25, -0.2) is 18.5 Å². The molecule has 0 atom stereocenters. The summed E-state index contributed by atoms with van der Waals surface area (Å²) in [5.74, 6) is 1.88. The minimum absolute atomic E-state index is 0.0388. The van der Waals surface area contributed by atoms with Gasteiger partial charge in [0.2, 0.25) is 10.0 Å². The van der Waals surface area contributed by atoms with Gasteiger partial charge in [0.25, 0.3) is 0 Å². The van der Waals surface area contributed by atoms with Crippen molar-refractivity contribution in [1.29, 1.82) is 0 Å². The third-order valence-corrected chi connectivity index (χ3v) is 4.59. The van der Waals surface area contributed by atoms with Crippen LogP contribution < -0.4 is 14.6 Å². The molecule has 3 aromatic rings. The molecule has 0 aliphatic heterocycles. The van der Waals surface area contributed by atoms with Gasteiger partial charge in [0, 0.05) is 5.56 Å². The molecule has 7 nitrogen and oxygen atoms in total. The van der Waals surface area contributed by atoms with Crippen molar-refractivity contribution in [3.05, 3.63) is 36.4 Å². The molecule has 0 radical (unpaired) electrons. The number of hydrogen-bond acceptors (Lipinski definition) is 5. The van der Waals surface area contributed by atoms with Gasteiger partial charge in [0.1, 0.15) is 5.82 Å². The molecule has 1 aromatic heterocycles. The number of rotatable bonds is 6. The predicted molar refractivity (Wildman–Crippen MR) is 95.2 cm³/mol. The van der Waals surface area contributed by atoms with Crippen molar-refractivity contribution in [2.75, 3.05) is 13.7 Å². The van der Waals surface area contributed by atoms with Crippen LogP contribution in [0.25, 0.3) is 22.4 Å². The van der Waals surface area contributed by atoms with Crippen LogP contribution in [-0.4, -0.2) is 32.1 Å². The molecule has 0 amide bonds. The summed E-state index contributed by atoms with van der Waals surface area (Å²) in [7, 11) is -2.17. The first-order valence-corrected chi connectivity index (χ1v) is 9.31. The number of nitrogens with one attached hydrogen (secondary N) is 1. The van der Waals surface area contributed by atoms with Gasteiger partial charge >= 0.3 is 0 Å². The summed E-state index contributed by atoms with van der Waals surface area (Å²) >= 11 is 0. The lowest BCUT2D eigenvalue weighted by atomic mass is 10.2. The van der Waals surface area contributed by atoms with Crippen LogP contribution in [0.4, 0.5) is 0 Å². The Hall–Kier alpha value is -2.58. The van der Waals surface area contributed by atoms with Crippen LogP contribution in [0.15, 0.2) is 41.3 Å². The van der Waals surface area contributed by atoms with Crippen molar-refractivity contribution in [3.8, 4) is 22.9 Å². The number of methoxy groups -OCH3 is 1. The van der Waals surface area contributed by atoms with E-state index in [4.69, 9.17) is 14.6 Å². The van der Waals surface area contributed by atoms with E-state index in [1.54, 1.807) is 13.2 Å². The number of aromatic amines is 1. The summed E-state index contributed by atoms with van der Waals surface area (Å²) in [6, 6.07) is 10.0. The lowest BCUT2D eigenvalue weighted by Gasteiger charge is -2.11. The second-order valence-corrected chi connectivity index (χ2v) is 7.08. The number of ether oxygens (including phenoxy) is 2. The van der Waals surface area contributed by atoms with Gasteiger partial charge in [-0.1, -0.05) is 6.92 Å². The van der Waals surface area contributed by atoms with E-state index >= 15 is 0 Å². The van der Waals surface area contributed by atoms with Crippen molar-refractivity contribution < 1.29 is 17.9 Å². The van der Waals surface area contributed by atoms with Crippen LogP contribution in [0, 0.1) is 0 Å². The third-order valence-electron chi connectivity index (χ3n) is 3.68. The van der Waals surface area contributed by atoms with Crippen LogP contribution in [0.1, 0.15) is 13.3 Å². The van der Waals surface area contributed by atoms with E-state index < -0.39 is 10.0 Å². The molecule has 0 aliphatic rings. The SMILES string of the molecule is CCCOc1cc(-c2nc3ccc(S(N)(=O)=O)cc3[nH]2)ccc1OC. The second-order valence-electron chi connectivity index (χ2n) is 5.52. The van der Waals surface area contributed by atoms with E-state index in [2.05, 4.69) is 9.97 Å². The fourth-order valence-electron chi connectivity index (χ4n) is 2.45. The summed E-state index contributed by atoms with van der Waals surface area (Å²) in [6.07, 6.45) is 0.883. The van der Waals surface area contributed by atoms with Gasteiger partial charge in [0.15, 0.2) is 11.5 Å². The highest BCUT2D eigenvalue weighted by atomic mass is 32.2. The highest BCUT2D eigenvalue weighted by Gasteiger charge is 2.13. The Morgan fingerprint density at radius 3 is 2.64 bits per heavy atom. The van der Waals surface area contributed by atoms with Crippen LogP contribution in [0.3, 0.4) is 0 Å². The minimum Gasteiger partial charge on any atom is -0.493 e. The first kappa shape index (κ1) is 17.2. The number of benzene rings is 2. The summed E-state index contributed by atoms with van der Waals surface area (Å²) in [5, 5.41) is 5.17. The van der Waals surface area contributed by atoms with Crippen LogP contribution in [0.5, 0.6) is 11.5 Å². The van der Waals surface area contributed by atoms with Gasteiger partial charge < -0.3 is 14.5 Å². The van der Waals surface area contributed by atoms with E-state index in [1.165, 1.54) is 12.1 Å². The van der Waals surface area contributed by atoms with Crippen molar-refractivity contribution in [3.63, 3.8) is 0 Å². The zero-order valence-electron chi connectivity index (χ0n) is 13.9. The standard InChI is InChI=1S/C17H19N3O4S/c1-3-8-24-16-9-11(4-7-15(16)23-2)17-19-13-6-5-12(25(18,21)22)10-14(13)20-17/h4-7,9-10H,3,8H2,1-2H3,(H,19,20)(H2,18,21,22). The van der Waals surface area contributed by atoms with Gasteiger partial charge in [-0.3, -0.25) is 0 Å². The molecule has 0 fully saturated rings. The first-order valence-electron chi connectivity index (χ1n) is 7.76. The maximum Gasteiger partial charge on any atom is 0.238 e. The van der Waals surface area contributed by atoms with Crippen molar-refractivity contribution in [2.45, 2.75) is 18.2 Å². The lowest BCUT2D eigenvalue weighted by Crippen LogP contribution is -2.11. The molecule has 0 saturated heterocycles. The summed E-state index contributed by atoms with van der Waals surface area (Å²) < 4.78 is 34.0. The molecular weight excluding hydrogens is 342 g/mol. The highest BCUT2D eigenvalue weighted by Crippen LogP contribution is 2.32. The van der Waals surface area contributed by atoms with Gasteiger partial charge in [-0.2, -0.15) is 0 Å². The predicted octanol–water partition coefficient (Wildman–Crippen LogP) is 2.67. The number of aromatic nitrogens is 2. The first-order chi connectivity index (χ1) is 11.9. The molecule has 0 aliphatic carbocycles. The van der Waals surface area contributed by atoms with Gasteiger partial charge in [0.05, 0.1) is 29.6 Å². The number of primary sulfonamides is 1. The number of H-pyrrole nitrogens is 1. The quantitative estimate of drug-likeness (QED) is 0.702. The Morgan fingerprint density at radius 1 is 1.16 bits per heavy atom. The maximum atomic E-state index is 11.5. The molecule has 3 rings (SSSR count). The Bertz CT molecular complexity index is 1010. The number of nitrogens with zero attached hydrogens (tertiary/aromatic N) is 1. The van der Waals surface area contributed by atoms with Gasteiger partial charge in [-0.15, -0.1) is 0 Å². The summed E-state index contributed by atoms with van der Waals surface area (Å²) in [6.45, 7) is 2.61. The number of imidazole rings is 1. The number of hydrogen-bond donors (Lipinski definition) is 2. The number of sulfonamides is 1. The monoisotopic (exact) mass is 361 g/mol. The van der Waals surface area contributed by atoms with E-state index in [-0.39, 0.29) is 4.90 Å². The zero-order valence-corrected chi connectivity index (χ0v) is 14.8. The molecule has 8 heteroatoms. The smallest absolute Gasteiger partial charge is 0.238 e. The average Bonchev–Trinajstić information content (AvgIpc) is 3.02. The second kappa shape index (κ2) is 6.73. The van der Waals surface area contributed by atoms with Crippen LogP contribution in [-0.2, 0) is 10.0 Å². The third kappa shape index (κ3) is 3.59. The normalized spacial score (nSPS) is 11.6. The molecule has 3 N–H and O–H groups in total. The Morgan fingerprint density at radius 2 is 1.96 bits per heavy atom. The molecule has 2 aromatic carbocycles. The zero-order chi connectivity index (χ0) is 18.0. The van der Waals surface area contributed by atoms with Crippen LogP contribution >= 0.6 is 0 Å². The van der Waals surface area contributed by atoms with Crippen molar-refractivity contribution in [1.82, 2.24) is 9.97 Å². The molecule has 0 bridgehead atoms. The maximum absolute atomic E-state index is 11.5. The molecule has 1 heterocycles. The fraction of sp³-hybridized carbons (Fsp3) is 0.235. The highest BCUT2D eigenvalue weighted by molar-refractivity contribution is 7.89. The molecular formula is C17H19N3O4S. The molecule has 0 unspecified atom stereocenters. The molecule has 132 valence electrons. The topological polar surface area (TPSA) is 107 Å². The summed E-state index contributed by atoms with van der Waals surface area (Å²) in [4.78, 5) is 7.65. The van der Waals surface area contributed by atoms with Crippen molar-refractivity contribution in [2.24, 2.45) is 5.14 Å². The number of fused-ring (bicyclic) bond motifs is 1. The lowest BCUT2D eigenvalue weighted by molar-refractivity contribution is 0.294. The van der Waals surface area contributed by atoms with Crippen molar-refractivity contribution >= 4 is 21.1 Å². The summed E-state index contributed by atoms with van der Waals surface area (Å²) in [5.41, 5.74) is 2.04. The Balaban J connectivity index is 2.04. The van der Waals surface area contributed by atoms with E-state index in [1.807, 2.05) is 25.1 Å². The molecule has 25 heavy (non-hydrogen) atoms. The average molecular weight is 361 g/mol. The molecule has 0 saturated carbocycles. The van der Waals surface area contributed by atoms with E-state index in [9.17, 15) is 8.42 Å². The van der Waals surface area contributed by atoms with E-state index in [0.29, 0.717) is 35.0 Å². The van der Waals surface area contributed by atoms with Crippen LogP contribution in [0.2, 0.25) is 0 Å². The Kier molecular flexibility index (Phi) is 4.65. The molecule has 0 spiro atoms. The minimum atomic E-state index is -3.76. The number of nitrogens with two attached hydrogens (primary N) is 1. The van der Waals surface area contributed by atoms with E-state index in [0.717, 1.165) is 12.0 Å².